The second-order valence-corrected chi connectivity index (χ2v) is 5.52. The van der Waals surface area contributed by atoms with Gasteiger partial charge >= 0.3 is 6.09 Å². The molecular weight excluding hydrogens is 310 g/mol. The first kappa shape index (κ1) is 19.6. The van der Waals surface area contributed by atoms with Crippen LogP contribution in [0.25, 0.3) is 0 Å². The van der Waals surface area contributed by atoms with E-state index in [-0.39, 0.29) is 25.6 Å². The summed E-state index contributed by atoms with van der Waals surface area (Å²) < 4.78 is 4.65. The van der Waals surface area contributed by atoms with Gasteiger partial charge in [0.1, 0.15) is 0 Å². The molecule has 0 saturated heterocycles. The van der Waals surface area contributed by atoms with Gasteiger partial charge in [0.25, 0.3) is 11.8 Å². The van der Waals surface area contributed by atoms with Crippen molar-refractivity contribution in [2.45, 2.75) is 27.7 Å². The minimum absolute atomic E-state index is 0.0233. The molecule has 0 heterocycles. The Hall–Kier alpha value is -2.41. The molecule has 0 aliphatic rings. The van der Waals surface area contributed by atoms with Crippen molar-refractivity contribution < 1.29 is 24.0 Å². The maximum atomic E-state index is 12.2. The smallest absolute Gasteiger partial charge is 0.414 e. The lowest BCUT2D eigenvalue weighted by atomic mass is 10.1. The number of rotatable bonds is 7. The zero-order chi connectivity index (χ0) is 18.1. The highest BCUT2D eigenvalue weighted by molar-refractivity contribution is 5.93. The summed E-state index contributed by atoms with van der Waals surface area (Å²) in [6, 6.07) is 5.71. The normalized spacial score (nSPS) is 11.5. The number of carbonyl (C=O) groups excluding carboxylic acids is 3. The highest BCUT2D eigenvalue weighted by Crippen LogP contribution is 2.17. The molecule has 0 saturated carbocycles. The Bertz CT molecular complexity index is 601. The molecule has 0 fully saturated rings. The van der Waals surface area contributed by atoms with E-state index in [1.807, 2.05) is 39.0 Å². The molecule has 1 atom stereocenters. The Labute approximate surface area is 142 Å². The Kier molecular flexibility index (Phi) is 7.91. The van der Waals surface area contributed by atoms with Crippen LogP contribution in [0.5, 0.6) is 0 Å². The highest BCUT2D eigenvalue weighted by Gasteiger charge is 2.19. The Morgan fingerprint density at radius 1 is 1.08 bits per heavy atom. The molecule has 3 N–H and O–H groups in total. The third-order valence-corrected chi connectivity index (χ3v) is 3.72. The van der Waals surface area contributed by atoms with E-state index in [1.165, 1.54) is 0 Å². The summed E-state index contributed by atoms with van der Waals surface area (Å²) in [6.07, 6.45) is -0.766. The largest absolute Gasteiger partial charge is 0.450 e. The molecule has 132 valence electrons. The van der Waals surface area contributed by atoms with Crippen LogP contribution < -0.4 is 15.5 Å². The number of hydrogen-bond acceptors (Lipinski definition) is 4. The van der Waals surface area contributed by atoms with Crippen LogP contribution >= 0.6 is 0 Å². The van der Waals surface area contributed by atoms with Crippen LogP contribution in [0.3, 0.4) is 0 Å². The SMILES string of the molecule is CCOC(=O)NC(=O)C[NH+](CC)CC(=O)Nc1cccc(C)c1C. The summed E-state index contributed by atoms with van der Waals surface area (Å²) in [5.74, 6) is -0.644. The van der Waals surface area contributed by atoms with Gasteiger partial charge in [-0.3, -0.25) is 14.9 Å². The summed E-state index contributed by atoms with van der Waals surface area (Å²) in [4.78, 5) is 35.9. The summed E-state index contributed by atoms with van der Waals surface area (Å²) in [5, 5.41) is 5.00. The van der Waals surface area contributed by atoms with Gasteiger partial charge in [-0.2, -0.15) is 0 Å². The van der Waals surface area contributed by atoms with Gasteiger partial charge in [-0.15, -0.1) is 0 Å². The molecule has 1 unspecified atom stereocenters. The number of anilines is 1. The second kappa shape index (κ2) is 9.67. The zero-order valence-corrected chi connectivity index (χ0v) is 14.7. The lowest BCUT2D eigenvalue weighted by Gasteiger charge is -2.17. The molecule has 1 aromatic carbocycles. The van der Waals surface area contributed by atoms with Gasteiger partial charge in [0.05, 0.1) is 13.2 Å². The molecule has 1 aromatic rings. The molecule has 0 radical (unpaired) electrons. The molecule has 0 aromatic heterocycles. The number of imide groups is 1. The maximum absolute atomic E-state index is 12.2. The molecule has 0 aliphatic carbocycles. The van der Waals surface area contributed by atoms with Gasteiger partial charge in [0.2, 0.25) is 0 Å². The lowest BCUT2D eigenvalue weighted by molar-refractivity contribution is -0.881. The minimum atomic E-state index is -0.766. The number of amides is 3. The van der Waals surface area contributed by atoms with Crippen LogP contribution in [-0.4, -0.2) is 44.1 Å². The third kappa shape index (κ3) is 6.37. The summed E-state index contributed by atoms with van der Waals surface area (Å²) in [6.45, 7) is 8.40. The minimum Gasteiger partial charge on any atom is -0.450 e. The average Bonchev–Trinajstić information content (AvgIpc) is 2.51. The molecule has 3 amide bonds. The maximum Gasteiger partial charge on any atom is 0.414 e. The standard InChI is InChI=1S/C17H25N3O4/c1-5-20(11-16(22)19-17(23)24-6-2)10-15(21)18-14-9-7-8-12(3)13(14)4/h7-9H,5-6,10-11H2,1-4H3,(H,18,21)(H,19,22,23)/p+1. The van der Waals surface area contributed by atoms with Gasteiger partial charge in [-0.05, 0) is 44.9 Å². The van der Waals surface area contributed by atoms with Crippen LogP contribution in [0.1, 0.15) is 25.0 Å². The lowest BCUT2D eigenvalue weighted by Crippen LogP contribution is -3.14. The molecule has 7 nitrogen and oxygen atoms in total. The molecule has 1 rings (SSSR count). The Morgan fingerprint density at radius 2 is 1.75 bits per heavy atom. The van der Waals surface area contributed by atoms with Crippen molar-refractivity contribution >= 4 is 23.6 Å². The van der Waals surface area contributed by atoms with Crippen LogP contribution in [-0.2, 0) is 14.3 Å². The van der Waals surface area contributed by atoms with Gasteiger partial charge in [-0.25, -0.2) is 4.79 Å². The Morgan fingerprint density at radius 3 is 2.38 bits per heavy atom. The van der Waals surface area contributed by atoms with Gasteiger partial charge in [-0.1, -0.05) is 12.1 Å². The predicted molar refractivity (Wildman–Crippen MR) is 90.9 cm³/mol. The monoisotopic (exact) mass is 336 g/mol. The first-order chi connectivity index (χ1) is 11.4. The van der Waals surface area contributed by atoms with Crippen molar-refractivity contribution in [1.82, 2.24) is 5.32 Å². The van der Waals surface area contributed by atoms with Gasteiger partial charge < -0.3 is 15.0 Å². The van der Waals surface area contributed by atoms with Crippen molar-refractivity contribution in [1.29, 1.82) is 0 Å². The average molecular weight is 336 g/mol. The number of nitrogens with one attached hydrogen (secondary N) is 3. The summed E-state index contributed by atoms with van der Waals surface area (Å²) in [5.41, 5.74) is 2.89. The van der Waals surface area contributed by atoms with Crippen molar-refractivity contribution in [2.24, 2.45) is 0 Å². The first-order valence-electron chi connectivity index (χ1n) is 8.03. The molecule has 24 heavy (non-hydrogen) atoms. The van der Waals surface area contributed by atoms with Crippen molar-refractivity contribution in [3.05, 3.63) is 29.3 Å². The van der Waals surface area contributed by atoms with E-state index >= 15 is 0 Å². The predicted octanol–water partition coefficient (Wildman–Crippen LogP) is 0.419. The van der Waals surface area contributed by atoms with E-state index in [9.17, 15) is 14.4 Å². The number of carbonyl (C=O) groups is 3. The fourth-order valence-corrected chi connectivity index (χ4v) is 2.17. The number of aryl methyl sites for hydroxylation is 1. The van der Waals surface area contributed by atoms with E-state index in [0.29, 0.717) is 6.54 Å². The number of alkyl carbamates (subject to hydrolysis) is 1. The first-order valence-corrected chi connectivity index (χ1v) is 8.03. The van der Waals surface area contributed by atoms with E-state index < -0.39 is 12.0 Å². The van der Waals surface area contributed by atoms with E-state index in [1.54, 1.807) is 6.92 Å². The van der Waals surface area contributed by atoms with Crippen LogP contribution in [0, 0.1) is 13.8 Å². The summed E-state index contributed by atoms with van der Waals surface area (Å²) >= 11 is 0. The fraction of sp³-hybridized carbons (Fsp3) is 0.471. The topological polar surface area (TPSA) is 88.9 Å². The number of quaternary nitrogens is 1. The van der Waals surface area contributed by atoms with Crippen molar-refractivity contribution in [3.63, 3.8) is 0 Å². The molecule has 0 spiro atoms. The fourth-order valence-electron chi connectivity index (χ4n) is 2.17. The second-order valence-electron chi connectivity index (χ2n) is 5.52. The highest BCUT2D eigenvalue weighted by atomic mass is 16.5. The van der Waals surface area contributed by atoms with E-state index in [4.69, 9.17) is 0 Å². The van der Waals surface area contributed by atoms with Crippen LogP contribution in [0.4, 0.5) is 10.5 Å². The quantitative estimate of drug-likeness (QED) is 0.673. The number of benzene rings is 1. The Balaban J connectivity index is 2.55. The summed E-state index contributed by atoms with van der Waals surface area (Å²) in [7, 11) is 0. The van der Waals surface area contributed by atoms with Gasteiger partial charge in [0, 0.05) is 5.69 Å². The molecule has 0 aliphatic heterocycles. The van der Waals surface area contributed by atoms with Crippen molar-refractivity contribution in [3.8, 4) is 0 Å². The molecule has 7 heteroatoms. The van der Waals surface area contributed by atoms with Crippen LogP contribution in [0.2, 0.25) is 0 Å². The number of likely N-dealkylation sites (N-methyl/N-ethyl adjacent to an activating group) is 1. The van der Waals surface area contributed by atoms with Gasteiger partial charge in [0.15, 0.2) is 13.1 Å². The third-order valence-electron chi connectivity index (χ3n) is 3.72. The van der Waals surface area contributed by atoms with E-state index in [0.717, 1.165) is 21.7 Å². The van der Waals surface area contributed by atoms with E-state index in [2.05, 4.69) is 15.4 Å². The molecule has 0 bridgehead atoms. The van der Waals surface area contributed by atoms with Crippen molar-refractivity contribution in [2.75, 3.05) is 31.6 Å². The number of hydrogen-bond donors (Lipinski definition) is 3. The number of ether oxygens (including phenoxy) is 1. The molecular formula is C17H26N3O4+. The van der Waals surface area contributed by atoms with Crippen LogP contribution in [0.15, 0.2) is 18.2 Å². The zero-order valence-electron chi connectivity index (χ0n) is 14.7.